The molecule has 0 aromatic carbocycles. The number of H-pyrrole nitrogens is 1. The van der Waals surface area contributed by atoms with Gasteiger partial charge in [0, 0.05) is 39.3 Å². The summed E-state index contributed by atoms with van der Waals surface area (Å²) in [5.41, 5.74) is -0.546. The highest BCUT2D eigenvalue weighted by Crippen LogP contribution is 2.26. The monoisotopic (exact) mass is 507 g/mol. The standard InChI is InChI=1S/C25H33N9O3/c1-25(2,37)23(36)33-13-11-32(12-14-33)19-8-7-17(15-26-19)28-21-20-18(16-27-31-22(20)35)29-24(30-21)34-9-5-3-4-6-10-34/h7-8,15-16,37H,3-6,9-14H2,1-2H3,(H,31,35)(H,28,29,30). The summed E-state index contributed by atoms with van der Waals surface area (Å²) >= 11 is 0. The van der Waals surface area contributed by atoms with Crippen LogP contribution < -0.4 is 20.7 Å². The van der Waals surface area contributed by atoms with E-state index in [1.807, 2.05) is 12.1 Å². The van der Waals surface area contributed by atoms with Gasteiger partial charge in [0.15, 0.2) is 0 Å². The van der Waals surface area contributed by atoms with Crippen LogP contribution in [0.25, 0.3) is 10.9 Å². The van der Waals surface area contributed by atoms with Crippen molar-refractivity contribution in [3.63, 3.8) is 0 Å². The number of anilines is 4. The van der Waals surface area contributed by atoms with E-state index >= 15 is 0 Å². The van der Waals surface area contributed by atoms with Gasteiger partial charge in [-0.15, -0.1) is 0 Å². The van der Waals surface area contributed by atoms with E-state index in [9.17, 15) is 14.7 Å². The second-order valence-corrected chi connectivity index (χ2v) is 10.1. The minimum atomic E-state index is -1.37. The van der Waals surface area contributed by atoms with Crippen LogP contribution in [0.5, 0.6) is 0 Å². The second kappa shape index (κ2) is 10.3. The lowest BCUT2D eigenvalue weighted by Crippen LogP contribution is -2.54. The summed E-state index contributed by atoms with van der Waals surface area (Å²) in [6.45, 7) is 7.08. The van der Waals surface area contributed by atoms with Gasteiger partial charge in [0.05, 0.1) is 18.1 Å². The molecule has 3 aromatic rings. The largest absolute Gasteiger partial charge is 0.381 e. The van der Waals surface area contributed by atoms with Gasteiger partial charge in [-0.2, -0.15) is 10.1 Å². The number of amides is 1. The molecule has 0 spiro atoms. The van der Waals surface area contributed by atoms with Crippen molar-refractivity contribution in [3.8, 4) is 0 Å². The Morgan fingerprint density at radius 2 is 1.70 bits per heavy atom. The number of carbonyl (C=O) groups excluding carboxylic acids is 1. The molecular formula is C25H33N9O3. The molecule has 0 bridgehead atoms. The summed E-state index contributed by atoms with van der Waals surface area (Å²) in [6.07, 6.45) is 7.82. The first-order valence-corrected chi connectivity index (χ1v) is 12.8. The van der Waals surface area contributed by atoms with Gasteiger partial charge in [-0.3, -0.25) is 9.59 Å². The number of fused-ring (bicyclic) bond motifs is 1. The second-order valence-electron chi connectivity index (χ2n) is 10.1. The Bertz CT molecular complexity index is 1300. The summed E-state index contributed by atoms with van der Waals surface area (Å²) in [5.74, 6) is 1.54. The van der Waals surface area contributed by atoms with E-state index in [4.69, 9.17) is 4.98 Å². The van der Waals surface area contributed by atoms with Crippen LogP contribution in [-0.4, -0.2) is 85.9 Å². The Morgan fingerprint density at radius 3 is 2.35 bits per heavy atom. The fraction of sp³-hybridized carbons (Fsp3) is 0.520. The number of aliphatic hydroxyl groups is 1. The fourth-order valence-electron chi connectivity index (χ4n) is 4.80. The van der Waals surface area contributed by atoms with Crippen LogP contribution in [0.1, 0.15) is 39.5 Å². The Kier molecular flexibility index (Phi) is 6.92. The number of aromatic amines is 1. The third kappa shape index (κ3) is 5.48. The molecule has 0 radical (unpaired) electrons. The minimum Gasteiger partial charge on any atom is -0.381 e. The number of piperazine rings is 1. The average Bonchev–Trinajstić information content (AvgIpc) is 3.18. The van der Waals surface area contributed by atoms with Gasteiger partial charge in [0.2, 0.25) is 5.95 Å². The molecule has 5 heterocycles. The molecule has 0 unspecified atom stereocenters. The number of nitrogens with zero attached hydrogens (tertiary/aromatic N) is 7. The van der Waals surface area contributed by atoms with Gasteiger partial charge in [-0.1, -0.05) is 12.8 Å². The first-order chi connectivity index (χ1) is 17.8. The molecule has 0 atom stereocenters. The predicted molar refractivity (Wildman–Crippen MR) is 141 cm³/mol. The van der Waals surface area contributed by atoms with Crippen LogP contribution in [-0.2, 0) is 4.79 Å². The number of hydrogen-bond donors (Lipinski definition) is 3. The van der Waals surface area contributed by atoms with Gasteiger partial charge in [0.25, 0.3) is 11.5 Å². The van der Waals surface area contributed by atoms with Crippen molar-refractivity contribution in [3.05, 3.63) is 34.9 Å². The Morgan fingerprint density at radius 1 is 0.973 bits per heavy atom. The van der Waals surface area contributed by atoms with Crippen LogP contribution in [0.2, 0.25) is 0 Å². The summed E-state index contributed by atoms with van der Waals surface area (Å²) < 4.78 is 0. The molecule has 0 saturated carbocycles. The molecule has 2 aliphatic heterocycles. The van der Waals surface area contributed by atoms with Gasteiger partial charge >= 0.3 is 0 Å². The number of rotatable bonds is 5. The van der Waals surface area contributed by atoms with Crippen molar-refractivity contribution in [2.45, 2.75) is 45.1 Å². The number of aromatic nitrogens is 5. The summed E-state index contributed by atoms with van der Waals surface area (Å²) in [7, 11) is 0. The molecular weight excluding hydrogens is 474 g/mol. The maximum absolute atomic E-state index is 12.6. The van der Waals surface area contributed by atoms with E-state index in [1.54, 1.807) is 17.3 Å². The molecule has 12 heteroatoms. The molecule has 196 valence electrons. The molecule has 0 aliphatic carbocycles. The van der Waals surface area contributed by atoms with Gasteiger partial charge in [-0.05, 0) is 38.8 Å². The first kappa shape index (κ1) is 24.9. The predicted octanol–water partition coefficient (Wildman–Crippen LogP) is 1.65. The van der Waals surface area contributed by atoms with Crippen LogP contribution >= 0.6 is 0 Å². The van der Waals surface area contributed by atoms with E-state index in [2.05, 4.69) is 35.3 Å². The minimum absolute atomic E-state index is 0.263. The number of carbonyl (C=O) groups is 1. The number of nitrogens with one attached hydrogen (secondary N) is 2. The zero-order valence-electron chi connectivity index (χ0n) is 21.3. The number of pyridine rings is 1. The molecule has 2 saturated heterocycles. The molecule has 1 amide bonds. The average molecular weight is 508 g/mol. The van der Waals surface area contributed by atoms with Gasteiger partial charge < -0.3 is 25.1 Å². The molecule has 37 heavy (non-hydrogen) atoms. The van der Waals surface area contributed by atoms with Crippen molar-refractivity contribution in [1.29, 1.82) is 0 Å². The lowest BCUT2D eigenvalue weighted by Gasteiger charge is -2.37. The SMILES string of the molecule is CC(C)(O)C(=O)N1CCN(c2ccc(Nc3nc(N4CCCCCC4)nc4cn[nH]c(=O)c34)cn2)CC1. The molecule has 3 aromatic heterocycles. The summed E-state index contributed by atoms with van der Waals surface area (Å²) in [4.78, 5) is 44.9. The normalized spacial score (nSPS) is 17.1. The number of hydrogen-bond acceptors (Lipinski definition) is 10. The van der Waals surface area contributed by atoms with E-state index < -0.39 is 5.60 Å². The van der Waals surface area contributed by atoms with Crippen molar-refractivity contribution >= 4 is 40.1 Å². The Labute approximate surface area is 214 Å². The first-order valence-electron chi connectivity index (χ1n) is 12.8. The fourth-order valence-corrected chi connectivity index (χ4v) is 4.80. The maximum atomic E-state index is 12.6. The van der Waals surface area contributed by atoms with Gasteiger partial charge in [-0.25, -0.2) is 15.1 Å². The van der Waals surface area contributed by atoms with Crippen molar-refractivity contribution in [2.24, 2.45) is 0 Å². The third-order valence-electron chi connectivity index (χ3n) is 6.82. The van der Waals surface area contributed by atoms with E-state index in [1.165, 1.54) is 26.7 Å². The molecule has 2 aliphatic rings. The Balaban J connectivity index is 1.34. The molecule has 12 nitrogen and oxygen atoms in total. The van der Waals surface area contributed by atoms with Crippen LogP contribution in [0.3, 0.4) is 0 Å². The van der Waals surface area contributed by atoms with Crippen LogP contribution in [0, 0.1) is 0 Å². The lowest BCUT2D eigenvalue weighted by atomic mass is 10.1. The Hall–Kier alpha value is -3.80. The molecule has 3 N–H and O–H groups in total. The zero-order chi connectivity index (χ0) is 26.0. The van der Waals surface area contributed by atoms with Crippen molar-refractivity contribution in [2.75, 3.05) is 54.4 Å². The summed E-state index contributed by atoms with van der Waals surface area (Å²) in [6, 6.07) is 3.80. The quantitative estimate of drug-likeness (QED) is 0.466. The smallest absolute Gasteiger partial charge is 0.277 e. The highest BCUT2D eigenvalue weighted by molar-refractivity contribution is 5.90. The summed E-state index contributed by atoms with van der Waals surface area (Å²) in [5, 5.41) is 20.0. The topological polar surface area (TPSA) is 143 Å². The zero-order valence-corrected chi connectivity index (χ0v) is 21.3. The van der Waals surface area contributed by atoms with E-state index in [-0.39, 0.29) is 11.5 Å². The van der Waals surface area contributed by atoms with Gasteiger partial charge in [0.1, 0.15) is 28.1 Å². The third-order valence-corrected chi connectivity index (χ3v) is 6.82. The maximum Gasteiger partial charge on any atom is 0.277 e. The van der Waals surface area contributed by atoms with Crippen LogP contribution in [0.15, 0.2) is 29.3 Å². The van der Waals surface area contributed by atoms with Crippen molar-refractivity contribution < 1.29 is 9.90 Å². The van der Waals surface area contributed by atoms with E-state index in [0.717, 1.165) is 31.7 Å². The van der Waals surface area contributed by atoms with E-state index in [0.29, 0.717) is 54.5 Å². The van der Waals surface area contributed by atoms with Crippen molar-refractivity contribution in [1.82, 2.24) is 30.0 Å². The molecule has 2 fully saturated rings. The highest BCUT2D eigenvalue weighted by atomic mass is 16.3. The molecule has 5 rings (SSSR count). The lowest BCUT2D eigenvalue weighted by molar-refractivity contribution is -0.148. The van der Waals surface area contributed by atoms with Crippen LogP contribution in [0.4, 0.5) is 23.3 Å². The highest BCUT2D eigenvalue weighted by Gasteiger charge is 2.31.